The fourth-order valence-corrected chi connectivity index (χ4v) is 4.60. The van der Waals surface area contributed by atoms with Crippen molar-refractivity contribution < 1.29 is 9.53 Å². The molecule has 0 aliphatic rings. The lowest BCUT2D eigenvalue weighted by atomic mass is 10.2. The molecule has 0 amide bonds. The molecule has 0 bridgehead atoms. The van der Waals surface area contributed by atoms with Gasteiger partial charge in [0, 0.05) is 13.2 Å². The molecule has 2 nitrogen and oxygen atoms in total. The molecule has 0 saturated carbocycles. The van der Waals surface area contributed by atoms with Gasteiger partial charge in [-0.3, -0.25) is 0 Å². The van der Waals surface area contributed by atoms with Crippen LogP contribution in [-0.2, 0) is 4.43 Å². The van der Waals surface area contributed by atoms with Crippen LogP contribution in [0.1, 0.15) is 46.5 Å². The van der Waals surface area contributed by atoms with Gasteiger partial charge in [0.2, 0.25) is 0 Å². The van der Waals surface area contributed by atoms with Crippen LogP contribution in [-0.4, -0.2) is 26.6 Å². The summed E-state index contributed by atoms with van der Waals surface area (Å²) in [5.41, 5.74) is 0. The Labute approximate surface area is 96.2 Å². The molecule has 0 radical (unpaired) electrons. The molecular formula is C12H28O2Si. The predicted octanol–water partition coefficient (Wildman–Crippen LogP) is 3.56. The highest BCUT2D eigenvalue weighted by Gasteiger charge is 2.27. The number of aliphatic hydroxyl groups is 1. The molecule has 3 heteroatoms. The van der Waals surface area contributed by atoms with Crippen molar-refractivity contribution in [2.24, 2.45) is 0 Å². The molecule has 0 unspecified atom stereocenters. The van der Waals surface area contributed by atoms with Crippen molar-refractivity contribution >= 4 is 8.32 Å². The summed E-state index contributed by atoms with van der Waals surface area (Å²) in [7, 11) is -1.34. The van der Waals surface area contributed by atoms with Crippen LogP contribution in [0.3, 0.4) is 0 Å². The summed E-state index contributed by atoms with van der Waals surface area (Å²) in [6, 6.07) is 3.74. The predicted molar refractivity (Wildman–Crippen MR) is 68.7 cm³/mol. The lowest BCUT2D eigenvalue weighted by Gasteiger charge is -2.27. The Hall–Kier alpha value is 0.137. The normalized spacial score (nSPS) is 12.0. The van der Waals surface area contributed by atoms with Gasteiger partial charge < -0.3 is 9.53 Å². The number of rotatable bonds is 10. The monoisotopic (exact) mass is 232 g/mol. The summed E-state index contributed by atoms with van der Waals surface area (Å²) in [5, 5.41) is 8.64. The van der Waals surface area contributed by atoms with Crippen molar-refractivity contribution in [1.82, 2.24) is 0 Å². The highest BCUT2D eigenvalue weighted by molar-refractivity contribution is 6.73. The molecule has 0 rings (SSSR count). The molecule has 0 fully saturated rings. The zero-order chi connectivity index (χ0) is 11.6. The Morgan fingerprint density at radius 2 is 1.40 bits per heavy atom. The maximum Gasteiger partial charge on any atom is 0.191 e. The topological polar surface area (TPSA) is 29.5 Å². The first kappa shape index (κ1) is 15.1. The SMILES string of the molecule is CC[Si](CC)(CC)OCCCCCCO. The number of unbranched alkanes of at least 4 members (excludes halogenated alkanes) is 3. The summed E-state index contributed by atoms with van der Waals surface area (Å²) >= 11 is 0. The minimum atomic E-state index is -1.34. The van der Waals surface area contributed by atoms with Crippen LogP contribution in [0.2, 0.25) is 18.1 Å². The third-order valence-corrected chi connectivity index (χ3v) is 8.08. The average molecular weight is 232 g/mol. The van der Waals surface area contributed by atoms with E-state index >= 15 is 0 Å². The Morgan fingerprint density at radius 1 is 0.867 bits per heavy atom. The molecule has 0 aromatic carbocycles. The van der Waals surface area contributed by atoms with E-state index in [-0.39, 0.29) is 0 Å². The van der Waals surface area contributed by atoms with Crippen molar-refractivity contribution in [2.75, 3.05) is 13.2 Å². The second kappa shape index (κ2) is 9.37. The van der Waals surface area contributed by atoms with Gasteiger partial charge in [-0.2, -0.15) is 0 Å². The van der Waals surface area contributed by atoms with Crippen LogP contribution < -0.4 is 0 Å². The first-order valence-corrected chi connectivity index (χ1v) is 9.02. The molecule has 0 aliphatic heterocycles. The standard InChI is InChI=1S/C12H28O2Si/c1-4-15(5-2,6-3)14-12-10-8-7-9-11-13/h13H,4-12H2,1-3H3. The summed E-state index contributed by atoms with van der Waals surface area (Å²) in [5.74, 6) is 0. The third kappa shape index (κ3) is 6.33. The van der Waals surface area contributed by atoms with Crippen molar-refractivity contribution in [3.63, 3.8) is 0 Å². The van der Waals surface area contributed by atoms with Crippen LogP contribution >= 0.6 is 0 Å². The van der Waals surface area contributed by atoms with Gasteiger partial charge in [-0.15, -0.1) is 0 Å². The van der Waals surface area contributed by atoms with E-state index in [4.69, 9.17) is 9.53 Å². The van der Waals surface area contributed by atoms with Gasteiger partial charge in [-0.1, -0.05) is 33.6 Å². The van der Waals surface area contributed by atoms with Gasteiger partial charge in [0.15, 0.2) is 8.32 Å². The van der Waals surface area contributed by atoms with Crippen molar-refractivity contribution in [3.05, 3.63) is 0 Å². The van der Waals surface area contributed by atoms with E-state index < -0.39 is 8.32 Å². The quantitative estimate of drug-likeness (QED) is 0.461. The van der Waals surface area contributed by atoms with E-state index in [9.17, 15) is 0 Å². The number of hydrogen-bond acceptors (Lipinski definition) is 2. The summed E-state index contributed by atoms with van der Waals surface area (Å²) < 4.78 is 6.13. The fraction of sp³-hybridized carbons (Fsp3) is 1.00. The van der Waals surface area contributed by atoms with Crippen molar-refractivity contribution in [1.29, 1.82) is 0 Å². The Balaban J connectivity index is 3.54. The average Bonchev–Trinajstić information content (AvgIpc) is 2.29. The second-order valence-electron chi connectivity index (χ2n) is 4.23. The van der Waals surface area contributed by atoms with E-state index in [1.54, 1.807) is 0 Å². The first-order valence-electron chi connectivity index (χ1n) is 6.49. The first-order chi connectivity index (χ1) is 7.24. The lowest BCUT2D eigenvalue weighted by molar-refractivity contribution is 0.268. The highest BCUT2D eigenvalue weighted by Crippen LogP contribution is 2.21. The number of aliphatic hydroxyl groups excluding tert-OH is 1. The van der Waals surface area contributed by atoms with Crippen LogP contribution in [0.5, 0.6) is 0 Å². The van der Waals surface area contributed by atoms with Crippen molar-refractivity contribution in [3.8, 4) is 0 Å². The van der Waals surface area contributed by atoms with E-state index in [2.05, 4.69) is 20.8 Å². The van der Waals surface area contributed by atoms with Gasteiger partial charge in [0.05, 0.1) is 0 Å². The molecule has 15 heavy (non-hydrogen) atoms. The Kier molecular flexibility index (Phi) is 9.45. The molecule has 92 valence electrons. The van der Waals surface area contributed by atoms with Gasteiger partial charge in [0.25, 0.3) is 0 Å². The molecule has 0 saturated heterocycles. The molecule has 1 N–H and O–H groups in total. The van der Waals surface area contributed by atoms with Gasteiger partial charge in [-0.25, -0.2) is 0 Å². The molecule has 0 atom stereocenters. The lowest BCUT2D eigenvalue weighted by Crippen LogP contribution is -2.36. The minimum absolute atomic E-state index is 0.332. The minimum Gasteiger partial charge on any atom is -0.417 e. The Bertz CT molecular complexity index is 127. The van der Waals surface area contributed by atoms with Crippen LogP contribution in [0.25, 0.3) is 0 Å². The van der Waals surface area contributed by atoms with Gasteiger partial charge in [-0.05, 0) is 31.0 Å². The molecule has 0 aromatic rings. The van der Waals surface area contributed by atoms with E-state index in [0.29, 0.717) is 6.61 Å². The number of hydrogen-bond donors (Lipinski definition) is 1. The van der Waals surface area contributed by atoms with Crippen molar-refractivity contribution in [2.45, 2.75) is 64.6 Å². The second-order valence-corrected chi connectivity index (χ2v) is 9.01. The zero-order valence-corrected chi connectivity index (χ0v) is 11.7. The smallest absolute Gasteiger partial charge is 0.191 e. The fourth-order valence-electron chi connectivity index (χ4n) is 1.91. The van der Waals surface area contributed by atoms with Gasteiger partial charge >= 0.3 is 0 Å². The van der Waals surface area contributed by atoms with Crippen LogP contribution in [0.15, 0.2) is 0 Å². The molecule has 0 aliphatic carbocycles. The largest absolute Gasteiger partial charge is 0.417 e. The zero-order valence-electron chi connectivity index (χ0n) is 10.7. The highest BCUT2D eigenvalue weighted by atomic mass is 28.4. The molecule has 0 aromatic heterocycles. The summed E-state index contributed by atoms with van der Waals surface area (Å²) in [4.78, 5) is 0. The van der Waals surface area contributed by atoms with Crippen LogP contribution in [0, 0.1) is 0 Å². The third-order valence-electron chi connectivity index (χ3n) is 3.39. The molecular weight excluding hydrogens is 204 g/mol. The maximum absolute atomic E-state index is 8.64. The molecule has 0 heterocycles. The van der Waals surface area contributed by atoms with Crippen LogP contribution in [0.4, 0.5) is 0 Å². The summed E-state index contributed by atoms with van der Waals surface area (Å²) in [6.45, 7) is 8.08. The summed E-state index contributed by atoms with van der Waals surface area (Å²) in [6.07, 6.45) is 4.44. The maximum atomic E-state index is 8.64. The van der Waals surface area contributed by atoms with E-state index in [1.807, 2.05) is 0 Å². The van der Waals surface area contributed by atoms with E-state index in [1.165, 1.54) is 24.6 Å². The van der Waals surface area contributed by atoms with E-state index in [0.717, 1.165) is 25.9 Å². The Morgan fingerprint density at radius 3 is 1.87 bits per heavy atom. The molecule has 0 spiro atoms. The van der Waals surface area contributed by atoms with Gasteiger partial charge in [0.1, 0.15) is 0 Å².